The van der Waals surface area contributed by atoms with Crippen LogP contribution in [0.25, 0.3) is 0 Å². The van der Waals surface area contributed by atoms with Gasteiger partial charge in [0.15, 0.2) is 15.9 Å². The third kappa shape index (κ3) is 5.81. The highest BCUT2D eigenvalue weighted by molar-refractivity contribution is 7.91. The van der Waals surface area contributed by atoms with Crippen LogP contribution in [0.5, 0.6) is 0 Å². The minimum absolute atomic E-state index is 0.158. The van der Waals surface area contributed by atoms with Gasteiger partial charge >= 0.3 is 5.97 Å². The van der Waals surface area contributed by atoms with Crippen molar-refractivity contribution in [2.24, 2.45) is 0 Å². The zero-order chi connectivity index (χ0) is 20.9. The number of anilines is 1. The first-order valence-corrected chi connectivity index (χ1v) is 9.67. The van der Waals surface area contributed by atoms with Gasteiger partial charge in [-0.05, 0) is 43.3 Å². The molecule has 0 aliphatic carbocycles. The molecular formula is C18H16F3NO5S. The lowest BCUT2D eigenvalue weighted by atomic mass is 10.2. The van der Waals surface area contributed by atoms with Gasteiger partial charge in [0.25, 0.3) is 5.91 Å². The maximum absolute atomic E-state index is 13.5. The third-order valence-corrected chi connectivity index (χ3v) is 5.34. The Kier molecular flexibility index (Phi) is 6.79. The highest BCUT2D eigenvalue weighted by Crippen LogP contribution is 2.16. The molecule has 1 N–H and O–H groups in total. The molecule has 0 fully saturated rings. The minimum Gasteiger partial charge on any atom is -0.453 e. The highest BCUT2D eigenvalue weighted by Gasteiger charge is 2.22. The average molecular weight is 415 g/mol. The van der Waals surface area contributed by atoms with Gasteiger partial charge in [0.2, 0.25) is 0 Å². The van der Waals surface area contributed by atoms with Gasteiger partial charge in [-0.15, -0.1) is 0 Å². The van der Waals surface area contributed by atoms with Gasteiger partial charge in [0.05, 0.1) is 22.8 Å². The summed E-state index contributed by atoms with van der Waals surface area (Å²) in [5.74, 6) is -4.75. The summed E-state index contributed by atoms with van der Waals surface area (Å²) in [5.41, 5.74) is -0.424. The number of amides is 1. The predicted octanol–water partition coefficient (Wildman–Crippen LogP) is 2.84. The second-order valence-corrected chi connectivity index (χ2v) is 7.88. The Hall–Kier alpha value is -2.88. The maximum atomic E-state index is 13.5. The van der Waals surface area contributed by atoms with E-state index in [2.05, 4.69) is 5.32 Å². The lowest BCUT2D eigenvalue weighted by molar-refractivity contribution is -0.152. The molecule has 0 unspecified atom stereocenters. The summed E-state index contributed by atoms with van der Waals surface area (Å²) in [7, 11) is -3.85. The number of rotatable bonds is 7. The van der Waals surface area contributed by atoms with E-state index in [1.807, 2.05) is 0 Å². The summed E-state index contributed by atoms with van der Waals surface area (Å²) in [6.45, 7) is 1.19. The van der Waals surface area contributed by atoms with Gasteiger partial charge in [-0.2, -0.15) is 0 Å². The molecule has 0 aromatic heterocycles. The van der Waals surface area contributed by atoms with Crippen molar-refractivity contribution in [1.82, 2.24) is 0 Å². The third-order valence-electron chi connectivity index (χ3n) is 3.61. The fourth-order valence-corrected chi connectivity index (χ4v) is 3.34. The molecule has 0 radical (unpaired) electrons. The second kappa shape index (κ2) is 8.87. The Morgan fingerprint density at radius 1 is 1.04 bits per heavy atom. The highest BCUT2D eigenvalue weighted by atomic mass is 32.2. The van der Waals surface area contributed by atoms with Gasteiger partial charge in [-0.1, -0.05) is 0 Å². The molecular weight excluding hydrogens is 399 g/mol. The Labute approximate surface area is 159 Å². The number of halogens is 3. The maximum Gasteiger partial charge on any atom is 0.307 e. The molecule has 1 atom stereocenters. The summed E-state index contributed by atoms with van der Waals surface area (Å²) in [6.07, 6.45) is -1.92. The zero-order valence-electron chi connectivity index (χ0n) is 14.6. The van der Waals surface area contributed by atoms with Crippen LogP contribution in [-0.4, -0.2) is 32.2 Å². The largest absolute Gasteiger partial charge is 0.453 e. The van der Waals surface area contributed by atoms with Crippen LogP contribution in [0.15, 0.2) is 47.4 Å². The van der Waals surface area contributed by atoms with E-state index in [0.717, 1.165) is 42.5 Å². The van der Waals surface area contributed by atoms with Crippen molar-refractivity contribution in [3.8, 4) is 0 Å². The van der Waals surface area contributed by atoms with Gasteiger partial charge < -0.3 is 10.1 Å². The summed E-state index contributed by atoms with van der Waals surface area (Å²) in [4.78, 5) is 23.6. The number of hydrogen-bond acceptors (Lipinski definition) is 5. The molecule has 0 saturated heterocycles. The van der Waals surface area contributed by atoms with Crippen LogP contribution in [0, 0.1) is 17.5 Å². The van der Waals surface area contributed by atoms with Crippen LogP contribution in [0.4, 0.5) is 18.9 Å². The first-order valence-electron chi connectivity index (χ1n) is 8.02. The summed E-state index contributed by atoms with van der Waals surface area (Å²) in [5, 5.41) is 2.07. The average Bonchev–Trinajstić information content (AvgIpc) is 2.63. The molecule has 28 heavy (non-hydrogen) atoms. The van der Waals surface area contributed by atoms with Crippen LogP contribution in [0.3, 0.4) is 0 Å². The van der Waals surface area contributed by atoms with Crippen LogP contribution >= 0.6 is 0 Å². The Morgan fingerprint density at radius 3 is 2.29 bits per heavy atom. The molecule has 2 aromatic rings. The number of esters is 1. The molecule has 0 aliphatic heterocycles. The Bertz CT molecular complexity index is 977. The number of sulfone groups is 1. The monoisotopic (exact) mass is 415 g/mol. The van der Waals surface area contributed by atoms with Crippen molar-refractivity contribution in [2.75, 3.05) is 11.1 Å². The Morgan fingerprint density at radius 2 is 1.64 bits per heavy atom. The van der Waals surface area contributed by atoms with Crippen LogP contribution in [-0.2, 0) is 24.2 Å². The first-order chi connectivity index (χ1) is 13.1. The van der Waals surface area contributed by atoms with E-state index in [9.17, 15) is 31.2 Å². The smallest absolute Gasteiger partial charge is 0.307 e. The molecule has 0 spiro atoms. The van der Waals surface area contributed by atoms with Crippen molar-refractivity contribution >= 4 is 27.4 Å². The number of benzene rings is 2. The lowest BCUT2D eigenvalue weighted by Gasteiger charge is -2.14. The van der Waals surface area contributed by atoms with Gasteiger partial charge in [-0.3, -0.25) is 9.59 Å². The van der Waals surface area contributed by atoms with Crippen molar-refractivity contribution < 1.29 is 35.9 Å². The molecule has 1 amide bonds. The summed E-state index contributed by atoms with van der Waals surface area (Å²) >= 11 is 0. The Balaban J connectivity index is 1.90. The SMILES string of the molecule is C[C@@H](OC(=O)CCS(=O)(=O)c1ccc(F)cc1)C(=O)Nc1cc(F)ccc1F. The van der Waals surface area contributed by atoms with Crippen molar-refractivity contribution in [3.05, 3.63) is 59.9 Å². The molecule has 0 bridgehead atoms. The van der Waals surface area contributed by atoms with Crippen molar-refractivity contribution in [3.63, 3.8) is 0 Å². The van der Waals surface area contributed by atoms with Crippen molar-refractivity contribution in [2.45, 2.75) is 24.3 Å². The quantitative estimate of drug-likeness (QED) is 0.555. The van der Waals surface area contributed by atoms with E-state index in [-0.39, 0.29) is 4.90 Å². The summed E-state index contributed by atoms with van der Waals surface area (Å²) in [6, 6.07) is 6.54. The molecule has 0 heterocycles. The number of nitrogens with one attached hydrogen (secondary N) is 1. The number of hydrogen-bond donors (Lipinski definition) is 1. The fraction of sp³-hybridized carbons (Fsp3) is 0.222. The molecule has 6 nitrogen and oxygen atoms in total. The van der Waals surface area contributed by atoms with Crippen LogP contribution in [0.1, 0.15) is 13.3 Å². The number of carbonyl (C=O) groups excluding carboxylic acids is 2. The molecule has 0 saturated carbocycles. The first kappa shape index (κ1) is 21.4. The van der Waals surface area contributed by atoms with Gasteiger partial charge in [-0.25, -0.2) is 21.6 Å². The molecule has 2 rings (SSSR count). The minimum atomic E-state index is -3.85. The van der Waals surface area contributed by atoms with E-state index >= 15 is 0 Å². The van der Waals surface area contributed by atoms with Crippen LogP contribution in [0.2, 0.25) is 0 Å². The van der Waals surface area contributed by atoms with Crippen molar-refractivity contribution in [1.29, 1.82) is 0 Å². The normalized spacial score (nSPS) is 12.3. The summed E-state index contributed by atoms with van der Waals surface area (Å²) < 4.78 is 68.5. The zero-order valence-corrected chi connectivity index (χ0v) is 15.4. The second-order valence-electron chi connectivity index (χ2n) is 5.77. The molecule has 0 aliphatic rings. The van der Waals surface area contributed by atoms with Gasteiger partial charge in [0, 0.05) is 6.07 Å². The van der Waals surface area contributed by atoms with E-state index in [1.54, 1.807) is 0 Å². The number of carbonyl (C=O) groups is 2. The van der Waals surface area contributed by atoms with Crippen LogP contribution < -0.4 is 5.32 Å². The standard InChI is InChI=1S/C18H16F3NO5S/c1-11(18(24)22-16-10-13(20)4-7-15(16)21)27-17(23)8-9-28(25,26)14-5-2-12(19)3-6-14/h2-7,10-11H,8-9H2,1H3,(H,22,24)/t11-/m1/s1. The topological polar surface area (TPSA) is 89.5 Å². The van der Waals surface area contributed by atoms with Gasteiger partial charge in [0.1, 0.15) is 17.5 Å². The molecule has 2 aromatic carbocycles. The molecule has 150 valence electrons. The van der Waals surface area contributed by atoms with E-state index < -0.39 is 63.1 Å². The lowest BCUT2D eigenvalue weighted by Crippen LogP contribution is -2.30. The predicted molar refractivity (Wildman–Crippen MR) is 93.6 cm³/mol. The van der Waals surface area contributed by atoms with E-state index in [0.29, 0.717) is 0 Å². The van der Waals surface area contributed by atoms with E-state index in [1.165, 1.54) is 6.92 Å². The van der Waals surface area contributed by atoms with E-state index in [4.69, 9.17) is 4.74 Å². The fourth-order valence-electron chi connectivity index (χ4n) is 2.11. The number of ether oxygens (including phenoxy) is 1. The molecule has 10 heteroatoms.